The predicted molar refractivity (Wildman–Crippen MR) is 82.0 cm³/mol. The van der Waals surface area contributed by atoms with E-state index in [4.69, 9.17) is 9.47 Å². The standard InChI is InChI=1S/C18H16O4/c1-10-17-8-13(21-11(2)19)4-6-15(17)16-7-5-14(9-18(10)16)22-12(3)20/h4-10H,1-3H3. The van der Waals surface area contributed by atoms with Crippen molar-refractivity contribution in [2.75, 3.05) is 0 Å². The van der Waals surface area contributed by atoms with Crippen LogP contribution in [0.3, 0.4) is 0 Å². The summed E-state index contributed by atoms with van der Waals surface area (Å²) >= 11 is 0. The molecule has 0 amide bonds. The van der Waals surface area contributed by atoms with Gasteiger partial charge in [-0.2, -0.15) is 0 Å². The Balaban J connectivity index is 2.01. The van der Waals surface area contributed by atoms with E-state index in [1.54, 1.807) is 12.1 Å². The van der Waals surface area contributed by atoms with Crippen molar-refractivity contribution >= 4 is 11.9 Å². The van der Waals surface area contributed by atoms with Gasteiger partial charge >= 0.3 is 11.9 Å². The first kappa shape index (κ1) is 14.3. The Morgan fingerprint density at radius 3 is 1.59 bits per heavy atom. The minimum atomic E-state index is -0.333. The highest BCUT2D eigenvalue weighted by Gasteiger charge is 2.26. The van der Waals surface area contributed by atoms with E-state index >= 15 is 0 Å². The number of carbonyl (C=O) groups is 2. The van der Waals surface area contributed by atoms with Gasteiger partial charge in [-0.05, 0) is 46.5 Å². The van der Waals surface area contributed by atoms with Crippen LogP contribution in [-0.2, 0) is 9.59 Å². The SMILES string of the molecule is CC(=O)Oc1ccc2c(c1)C(C)c1cc(OC(C)=O)ccc1-2. The van der Waals surface area contributed by atoms with Crippen LogP contribution in [0, 0.1) is 0 Å². The summed E-state index contributed by atoms with van der Waals surface area (Å²) in [6.07, 6.45) is 0. The van der Waals surface area contributed by atoms with E-state index in [-0.39, 0.29) is 17.9 Å². The molecule has 22 heavy (non-hydrogen) atoms. The maximum atomic E-state index is 11.1. The number of rotatable bonds is 2. The van der Waals surface area contributed by atoms with Gasteiger partial charge in [-0.1, -0.05) is 19.1 Å². The van der Waals surface area contributed by atoms with Crippen molar-refractivity contribution < 1.29 is 19.1 Å². The maximum Gasteiger partial charge on any atom is 0.308 e. The second-order valence-corrected chi connectivity index (χ2v) is 5.41. The van der Waals surface area contributed by atoms with Crippen LogP contribution in [0.15, 0.2) is 36.4 Å². The highest BCUT2D eigenvalue weighted by Crippen LogP contribution is 2.46. The van der Waals surface area contributed by atoms with Gasteiger partial charge in [0.05, 0.1) is 0 Å². The number of fused-ring (bicyclic) bond motifs is 3. The van der Waals surface area contributed by atoms with Crippen molar-refractivity contribution in [3.8, 4) is 22.6 Å². The van der Waals surface area contributed by atoms with Crippen molar-refractivity contribution in [3.63, 3.8) is 0 Å². The molecule has 0 saturated heterocycles. The number of esters is 2. The van der Waals surface area contributed by atoms with Crippen molar-refractivity contribution in [3.05, 3.63) is 47.5 Å². The highest BCUT2D eigenvalue weighted by atomic mass is 16.5. The Kier molecular flexibility index (Phi) is 3.45. The minimum Gasteiger partial charge on any atom is -0.427 e. The third-order valence-corrected chi connectivity index (χ3v) is 3.79. The number of hydrogen-bond donors (Lipinski definition) is 0. The molecule has 0 N–H and O–H groups in total. The summed E-state index contributed by atoms with van der Waals surface area (Å²) in [6, 6.07) is 11.3. The number of benzene rings is 2. The molecule has 0 radical (unpaired) electrons. The molecule has 4 nitrogen and oxygen atoms in total. The van der Waals surface area contributed by atoms with Crippen molar-refractivity contribution in [1.29, 1.82) is 0 Å². The van der Waals surface area contributed by atoms with Crippen LogP contribution < -0.4 is 9.47 Å². The quantitative estimate of drug-likeness (QED) is 0.627. The summed E-state index contributed by atoms with van der Waals surface area (Å²) in [5, 5.41) is 0. The van der Waals surface area contributed by atoms with E-state index in [9.17, 15) is 9.59 Å². The van der Waals surface area contributed by atoms with Crippen LogP contribution >= 0.6 is 0 Å². The molecule has 0 bridgehead atoms. The zero-order valence-corrected chi connectivity index (χ0v) is 12.7. The Hall–Kier alpha value is -2.62. The maximum absolute atomic E-state index is 11.1. The minimum absolute atomic E-state index is 0.149. The molecule has 0 spiro atoms. The number of hydrogen-bond acceptors (Lipinski definition) is 4. The van der Waals surface area contributed by atoms with E-state index in [0.717, 1.165) is 22.3 Å². The van der Waals surface area contributed by atoms with Crippen LogP contribution in [0.5, 0.6) is 11.5 Å². The largest absolute Gasteiger partial charge is 0.427 e. The van der Waals surface area contributed by atoms with Gasteiger partial charge in [-0.3, -0.25) is 9.59 Å². The van der Waals surface area contributed by atoms with E-state index in [1.165, 1.54) is 13.8 Å². The summed E-state index contributed by atoms with van der Waals surface area (Å²) in [5.74, 6) is 0.578. The monoisotopic (exact) mass is 296 g/mol. The van der Waals surface area contributed by atoms with Gasteiger partial charge in [0.15, 0.2) is 0 Å². The third kappa shape index (κ3) is 2.48. The van der Waals surface area contributed by atoms with Gasteiger partial charge in [-0.15, -0.1) is 0 Å². The van der Waals surface area contributed by atoms with Crippen molar-refractivity contribution in [2.45, 2.75) is 26.7 Å². The average molecular weight is 296 g/mol. The molecule has 4 heteroatoms. The Bertz CT molecular complexity index is 711. The number of ether oxygens (including phenoxy) is 2. The molecule has 0 unspecified atom stereocenters. The lowest BCUT2D eigenvalue weighted by Crippen LogP contribution is -2.02. The van der Waals surface area contributed by atoms with Gasteiger partial charge in [0.25, 0.3) is 0 Å². The molecule has 0 aromatic heterocycles. The molecule has 1 aliphatic rings. The molecule has 3 rings (SSSR count). The third-order valence-electron chi connectivity index (χ3n) is 3.79. The van der Waals surface area contributed by atoms with E-state index in [0.29, 0.717) is 11.5 Å². The number of carbonyl (C=O) groups excluding carboxylic acids is 2. The second-order valence-electron chi connectivity index (χ2n) is 5.41. The van der Waals surface area contributed by atoms with E-state index in [1.807, 2.05) is 24.3 Å². The van der Waals surface area contributed by atoms with E-state index in [2.05, 4.69) is 6.92 Å². The molecule has 0 aliphatic heterocycles. The van der Waals surface area contributed by atoms with Crippen LogP contribution in [-0.4, -0.2) is 11.9 Å². The van der Waals surface area contributed by atoms with Gasteiger partial charge in [0.1, 0.15) is 11.5 Å². The first-order chi connectivity index (χ1) is 10.5. The zero-order valence-electron chi connectivity index (χ0n) is 12.7. The summed E-state index contributed by atoms with van der Waals surface area (Å²) < 4.78 is 10.3. The molecule has 112 valence electrons. The Labute approximate surface area is 128 Å². The molecule has 2 aromatic carbocycles. The smallest absolute Gasteiger partial charge is 0.308 e. The topological polar surface area (TPSA) is 52.6 Å². The lowest BCUT2D eigenvalue weighted by molar-refractivity contribution is -0.132. The summed E-state index contributed by atoms with van der Waals surface area (Å²) in [6.45, 7) is 4.85. The molecule has 1 aliphatic carbocycles. The summed E-state index contributed by atoms with van der Waals surface area (Å²) in [7, 11) is 0. The van der Waals surface area contributed by atoms with Gasteiger partial charge in [-0.25, -0.2) is 0 Å². The fraction of sp³-hybridized carbons (Fsp3) is 0.222. The van der Waals surface area contributed by atoms with Gasteiger partial charge < -0.3 is 9.47 Å². The molecule has 0 atom stereocenters. The van der Waals surface area contributed by atoms with Crippen LogP contribution in [0.1, 0.15) is 37.8 Å². The predicted octanol–water partition coefficient (Wildman–Crippen LogP) is 3.67. The van der Waals surface area contributed by atoms with Crippen molar-refractivity contribution in [2.24, 2.45) is 0 Å². The lowest BCUT2D eigenvalue weighted by Gasteiger charge is -2.09. The zero-order chi connectivity index (χ0) is 15.9. The summed E-state index contributed by atoms with van der Waals surface area (Å²) in [5.41, 5.74) is 4.45. The van der Waals surface area contributed by atoms with Gasteiger partial charge in [0, 0.05) is 19.8 Å². The lowest BCUT2D eigenvalue weighted by atomic mass is 9.99. The average Bonchev–Trinajstić information content (AvgIpc) is 2.71. The van der Waals surface area contributed by atoms with Crippen molar-refractivity contribution in [1.82, 2.24) is 0 Å². The molecule has 0 heterocycles. The van der Waals surface area contributed by atoms with E-state index < -0.39 is 0 Å². The highest BCUT2D eigenvalue weighted by molar-refractivity contribution is 5.81. The first-order valence-corrected chi connectivity index (χ1v) is 7.11. The normalized spacial score (nSPS) is 12.5. The molecular weight excluding hydrogens is 280 g/mol. The molecule has 0 saturated carbocycles. The first-order valence-electron chi connectivity index (χ1n) is 7.11. The fourth-order valence-corrected chi connectivity index (χ4v) is 2.92. The fourth-order valence-electron chi connectivity index (χ4n) is 2.92. The Morgan fingerprint density at radius 2 is 1.23 bits per heavy atom. The van der Waals surface area contributed by atoms with Crippen LogP contribution in [0.2, 0.25) is 0 Å². The molecular formula is C18H16O4. The molecule has 2 aromatic rings. The second kappa shape index (κ2) is 5.30. The summed E-state index contributed by atoms with van der Waals surface area (Å²) in [4.78, 5) is 22.2. The van der Waals surface area contributed by atoms with Gasteiger partial charge in [0.2, 0.25) is 0 Å². The van der Waals surface area contributed by atoms with Crippen LogP contribution in [0.25, 0.3) is 11.1 Å². The Morgan fingerprint density at radius 1 is 0.818 bits per heavy atom. The van der Waals surface area contributed by atoms with Crippen LogP contribution in [0.4, 0.5) is 0 Å². The molecule has 0 fully saturated rings.